The minimum Gasteiger partial charge on any atom is -0.366 e. The van der Waals surface area contributed by atoms with E-state index in [0.717, 1.165) is 0 Å². The van der Waals surface area contributed by atoms with E-state index in [9.17, 15) is 4.79 Å². The zero-order valence-electron chi connectivity index (χ0n) is 6.89. The van der Waals surface area contributed by atoms with E-state index >= 15 is 0 Å². The van der Waals surface area contributed by atoms with Crippen LogP contribution < -0.4 is 11.1 Å². The molecule has 0 spiro atoms. The third-order valence-electron chi connectivity index (χ3n) is 1.40. The zero-order valence-corrected chi connectivity index (χ0v) is 6.89. The summed E-state index contributed by atoms with van der Waals surface area (Å²) in [7, 11) is 0. The summed E-state index contributed by atoms with van der Waals surface area (Å²) >= 11 is 0. The SMILES string of the molecule is Nc1n[nH]c(C(=O)Nc2ccon2)n1. The minimum atomic E-state index is -0.483. The molecule has 72 valence electrons. The molecule has 0 fully saturated rings. The number of hydrogen-bond acceptors (Lipinski definition) is 6. The molecule has 0 radical (unpaired) electrons. The first-order valence-corrected chi connectivity index (χ1v) is 3.65. The van der Waals surface area contributed by atoms with E-state index in [-0.39, 0.29) is 11.8 Å². The number of aromatic amines is 1. The Morgan fingerprint density at radius 3 is 3.07 bits per heavy atom. The van der Waals surface area contributed by atoms with Gasteiger partial charge >= 0.3 is 0 Å². The van der Waals surface area contributed by atoms with Gasteiger partial charge in [0.1, 0.15) is 6.26 Å². The highest BCUT2D eigenvalue weighted by molar-refractivity contribution is 6.00. The molecule has 2 aromatic rings. The van der Waals surface area contributed by atoms with Crippen molar-refractivity contribution in [1.29, 1.82) is 0 Å². The maximum atomic E-state index is 11.3. The van der Waals surface area contributed by atoms with Gasteiger partial charge in [-0.1, -0.05) is 5.16 Å². The Balaban J connectivity index is 2.10. The third kappa shape index (κ3) is 1.53. The van der Waals surface area contributed by atoms with Crippen LogP contribution in [0.1, 0.15) is 10.6 Å². The molecule has 0 aliphatic carbocycles. The quantitative estimate of drug-likeness (QED) is 0.599. The smallest absolute Gasteiger partial charge is 0.294 e. The van der Waals surface area contributed by atoms with Crippen molar-refractivity contribution >= 4 is 17.7 Å². The van der Waals surface area contributed by atoms with Gasteiger partial charge in [-0.15, -0.1) is 5.10 Å². The van der Waals surface area contributed by atoms with Gasteiger partial charge in [0.2, 0.25) is 11.8 Å². The summed E-state index contributed by atoms with van der Waals surface area (Å²) in [5.74, 6) is -0.158. The molecule has 0 aliphatic rings. The highest BCUT2D eigenvalue weighted by atomic mass is 16.5. The predicted octanol–water partition coefficient (Wildman–Crippen LogP) is -0.373. The van der Waals surface area contributed by atoms with E-state index in [1.807, 2.05) is 0 Å². The van der Waals surface area contributed by atoms with Crippen LogP contribution in [0.2, 0.25) is 0 Å². The largest absolute Gasteiger partial charge is 0.366 e. The molecule has 0 atom stereocenters. The number of H-pyrrole nitrogens is 1. The van der Waals surface area contributed by atoms with Crippen LogP contribution in [-0.4, -0.2) is 26.2 Å². The number of carbonyl (C=O) groups excluding carboxylic acids is 1. The molecular weight excluding hydrogens is 188 g/mol. The molecule has 8 heteroatoms. The monoisotopic (exact) mass is 194 g/mol. The average Bonchev–Trinajstić information content (AvgIpc) is 2.75. The highest BCUT2D eigenvalue weighted by Gasteiger charge is 2.11. The van der Waals surface area contributed by atoms with Gasteiger partial charge in [-0.25, -0.2) is 0 Å². The molecule has 8 nitrogen and oxygen atoms in total. The van der Waals surface area contributed by atoms with Crippen LogP contribution in [0.4, 0.5) is 11.8 Å². The van der Waals surface area contributed by atoms with Gasteiger partial charge in [-0.3, -0.25) is 9.89 Å². The second-order valence-corrected chi connectivity index (χ2v) is 2.38. The molecular formula is C6H6N6O2. The Labute approximate surface area is 77.5 Å². The molecule has 0 aromatic carbocycles. The van der Waals surface area contributed by atoms with Crippen LogP contribution in [0.3, 0.4) is 0 Å². The number of hydrogen-bond donors (Lipinski definition) is 3. The highest BCUT2D eigenvalue weighted by Crippen LogP contribution is 2.03. The minimum absolute atomic E-state index is 0.00954. The summed E-state index contributed by atoms with van der Waals surface area (Å²) in [6, 6.07) is 1.50. The van der Waals surface area contributed by atoms with Crippen LogP contribution in [0, 0.1) is 0 Å². The fourth-order valence-corrected chi connectivity index (χ4v) is 0.829. The molecule has 0 saturated heterocycles. The lowest BCUT2D eigenvalue weighted by Crippen LogP contribution is -2.13. The third-order valence-corrected chi connectivity index (χ3v) is 1.40. The number of nitrogens with zero attached hydrogens (tertiary/aromatic N) is 3. The van der Waals surface area contributed by atoms with Gasteiger partial charge in [-0.2, -0.15) is 4.98 Å². The van der Waals surface area contributed by atoms with Gasteiger partial charge in [0.15, 0.2) is 5.82 Å². The molecule has 2 heterocycles. The normalized spacial score (nSPS) is 10.0. The first-order chi connectivity index (χ1) is 6.75. The van der Waals surface area contributed by atoms with Crippen molar-refractivity contribution < 1.29 is 9.32 Å². The van der Waals surface area contributed by atoms with Gasteiger partial charge in [-0.05, 0) is 0 Å². The van der Waals surface area contributed by atoms with E-state index in [2.05, 4.69) is 30.2 Å². The zero-order chi connectivity index (χ0) is 9.97. The molecule has 1 amide bonds. The van der Waals surface area contributed by atoms with E-state index in [1.165, 1.54) is 12.3 Å². The first-order valence-electron chi connectivity index (χ1n) is 3.65. The maximum Gasteiger partial charge on any atom is 0.294 e. The Hall–Kier alpha value is -2.38. The Kier molecular flexibility index (Phi) is 1.86. The summed E-state index contributed by atoms with van der Waals surface area (Å²) in [6.07, 6.45) is 1.34. The number of anilines is 2. The van der Waals surface area contributed by atoms with Crippen molar-refractivity contribution in [1.82, 2.24) is 20.3 Å². The van der Waals surface area contributed by atoms with Gasteiger partial charge < -0.3 is 15.6 Å². The summed E-state index contributed by atoms with van der Waals surface area (Å²) in [5, 5.41) is 11.8. The van der Waals surface area contributed by atoms with E-state index < -0.39 is 5.91 Å². The second-order valence-electron chi connectivity index (χ2n) is 2.38. The topological polar surface area (TPSA) is 123 Å². The predicted molar refractivity (Wildman–Crippen MR) is 45.3 cm³/mol. The van der Waals surface area contributed by atoms with Crippen molar-refractivity contribution in [3.63, 3.8) is 0 Å². The van der Waals surface area contributed by atoms with Crippen molar-refractivity contribution in [3.8, 4) is 0 Å². The van der Waals surface area contributed by atoms with E-state index in [0.29, 0.717) is 5.82 Å². The summed E-state index contributed by atoms with van der Waals surface area (Å²) in [6.45, 7) is 0. The summed E-state index contributed by atoms with van der Waals surface area (Å²) in [4.78, 5) is 15.0. The number of rotatable bonds is 2. The average molecular weight is 194 g/mol. The molecule has 0 aliphatic heterocycles. The van der Waals surface area contributed by atoms with Gasteiger partial charge in [0.05, 0.1) is 0 Å². The molecule has 0 saturated carbocycles. The Morgan fingerprint density at radius 2 is 2.50 bits per heavy atom. The second kappa shape index (κ2) is 3.17. The van der Waals surface area contributed by atoms with Crippen LogP contribution in [0.25, 0.3) is 0 Å². The van der Waals surface area contributed by atoms with Crippen molar-refractivity contribution in [2.45, 2.75) is 0 Å². The molecule has 0 unspecified atom stereocenters. The number of aromatic nitrogens is 4. The van der Waals surface area contributed by atoms with Crippen molar-refractivity contribution in [2.24, 2.45) is 0 Å². The van der Waals surface area contributed by atoms with E-state index in [4.69, 9.17) is 5.73 Å². The molecule has 0 bridgehead atoms. The molecule has 14 heavy (non-hydrogen) atoms. The number of amides is 1. The molecule has 2 aromatic heterocycles. The molecule has 2 rings (SSSR count). The fourth-order valence-electron chi connectivity index (χ4n) is 0.829. The number of carbonyl (C=O) groups is 1. The van der Waals surface area contributed by atoms with Crippen LogP contribution in [0.5, 0.6) is 0 Å². The maximum absolute atomic E-state index is 11.3. The van der Waals surface area contributed by atoms with Crippen LogP contribution >= 0.6 is 0 Å². The Bertz CT molecular complexity index is 433. The number of nitrogen functional groups attached to an aromatic ring is 1. The number of nitrogens with two attached hydrogens (primary N) is 1. The van der Waals surface area contributed by atoms with E-state index in [1.54, 1.807) is 0 Å². The summed E-state index contributed by atoms with van der Waals surface area (Å²) in [5.41, 5.74) is 5.22. The van der Waals surface area contributed by atoms with Gasteiger partial charge in [0, 0.05) is 6.07 Å². The lowest BCUT2D eigenvalue weighted by molar-refractivity contribution is 0.101. The summed E-state index contributed by atoms with van der Waals surface area (Å²) < 4.78 is 4.52. The van der Waals surface area contributed by atoms with Crippen LogP contribution in [-0.2, 0) is 0 Å². The number of nitrogens with one attached hydrogen (secondary N) is 2. The Morgan fingerprint density at radius 1 is 1.64 bits per heavy atom. The standard InChI is InChI=1S/C6H6N6O2/c7-6-9-4(10-11-6)5(13)8-3-1-2-14-12-3/h1-2H,(H,8,12,13)(H3,7,9,10,11). The van der Waals surface area contributed by atoms with Crippen molar-refractivity contribution in [3.05, 3.63) is 18.2 Å². The van der Waals surface area contributed by atoms with Crippen LogP contribution in [0.15, 0.2) is 16.9 Å². The lowest BCUT2D eigenvalue weighted by Gasteiger charge is -1.94. The lowest BCUT2D eigenvalue weighted by atomic mass is 10.5. The molecule has 4 N–H and O–H groups in total. The fraction of sp³-hybridized carbons (Fsp3) is 0. The van der Waals surface area contributed by atoms with Crippen molar-refractivity contribution in [2.75, 3.05) is 11.1 Å². The van der Waals surface area contributed by atoms with Gasteiger partial charge in [0.25, 0.3) is 5.91 Å². The first kappa shape index (κ1) is 8.23.